The highest BCUT2D eigenvalue weighted by Crippen LogP contribution is 2.29. The van der Waals surface area contributed by atoms with Gasteiger partial charge in [0.05, 0.1) is 12.3 Å². The highest BCUT2D eigenvalue weighted by atomic mass is 16.3. The number of rotatable bonds is 4. The third-order valence-electron chi connectivity index (χ3n) is 6.36. The minimum atomic E-state index is -0.508. The minimum absolute atomic E-state index is 0. The maximum Gasteiger partial charge on any atom is 0.162 e. The number of nitrogens with one attached hydrogen (secondary N) is 1. The summed E-state index contributed by atoms with van der Waals surface area (Å²) in [6.45, 7) is 8.32. The molecular weight excluding hydrogens is 410 g/mol. The summed E-state index contributed by atoms with van der Waals surface area (Å²) in [5, 5.41) is 17.9. The van der Waals surface area contributed by atoms with Crippen molar-refractivity contribution in [3.05, 3.63) is 72.7 Å². The monoisotopic (exact) mass is 443 g/mol. The summed E-state index contributed by atoms with van der Waals surface area (Å²) in [6, 6.07) is 17.6. The molecular formula is C27H33N5O. The van der Waals surface area contributed by atoms with Crippen molar-refractivity contribution in [1.82, 2.24) is 19.9 Å². The maximum atomic E-state index is 9.91. The van der Waals surface area contributed by atoms with Crippen molar-refractivity contribution in [3.8, 4) is 22.3 Å². The predicted octanol–water partition coefficient (Wildman–Crippen LogP) is 4.94. The van der Waals surface area contributed by atoms with Crippen molar-refractivity contribution in [2.24, 2.45) is 0 Å². The highest BCUT2D eigenvalue weighted by Gasteiger charge is 2.24. The van der Waals surface area contributed by atoms with Crippen molar-refractivity contribution >= 4 is 11.3 Å². The van der Waals surface area contributed by atoms with Gasteiger partial charge < -0.3 is 15.3 Å². The molecule has 6 nitrogen and oxygen atoms in total. The number of hydrogen-bond acceptors (Lipinski definition) is 5. The first-order chi connectivity index (χ1) is 15.5. The Balaban J connectivity index is 0.00000259. The average molecular weight is 444 g/mol. The molecule has 3 unspecified atom stereocenters. The van der Waals surface area contributed by atoms with Gasteiger partial charge >= 0.3 is 0 Å². The topological polar surface area (TPSA) is 65.7 Å². The molecule has 1 fully saturated rings. The molecule has 0 aliphatic carbocycles. The summed E-state index contributed by atoms with van der Waals surface area (Å²) in [6.07, 6.45) is 5.26. The van der Waals surface area contributed by atoms with Crippen molar-refractivity contribution in [3.63, 3.8) is 0 Å². The fraction of sp³-hybridized carbons (Fsp3) is 0.333. The Labute approximate surface area is 195 Å². The van der Waals surface area contributed by atoms with Crippen LogP contribution in [0.15, 0.2) is 67.1 Å². The Kier molecular flexibility index (Phi) is 6.49. The molecule has 1 aliphatic rings. The zero-order valence-electron chi connectivity index (χ0n) is 18.7. The van der Waals surface area contributed by atoms with Crippen molar-refractivity contribution in [2.75, 3.05) is 18.0 Å². The van der Waals surface area contributed by atoms with Crippen LogP contribution in [-0.2, 0) is 0 Å². The van der Waals surface area contributed by atoms with Gasteiger partial charge in [-0.2, -0.15) is 5.10 Å². The third-order valence-corrected chi connectivity index (χ3v) is 6.36. The standard InChI is InChI=1S/C26H29N5O.CH4/c1-17-12-27-13-18(2)31(17)24-9-7-20(8-10-24)23-14-28-26-25(15-29-30(26)16-23)22-6-4-5-21(11-22)19(3)32;/h4-11,14-19,27,32H,12-13H2,1-3H3;1H4. The van der Waals surface area contributed by atoms with Crippen LogP contribution in [0.5, 0.6) is 0 Å². The van der Waals surface area contributed by atoms with Gasteiger partial charge in [-0.05, 0) is 55.7 Å². The normalized spacial score (nSPS) is 19.3. The fourth-order valence-electron chi connectivity index (χ4n) is 4.66. The zero-order valence-corrected chi connectivity index (χ0v) is 18.7. The van der Waals surface area contributed by atoms with Gasteiger partial charge in [0, 0.05) is 54.4 Å². The second-order valence-corrected chi connectivity index (χ2v) is 8.78. The lowest BCUT2D eigenvalue weighted by Crippen LogP contribution is -2.55. The van der Waals surface area contributed by atoms with Crippen LogP contribution in [0.3, 0.4) is 0 Å². The molecule has 0 amide bonds. The van der Waals surface area contributed by atoms with Crippen molar-refractivity contribution in [1.29, 1.82) is 0 Å². The van der Waals surface area contributed by atoms with Crippen LogP contribution in [0.2, 0.25) is 0 Å². The van der Waals surface area contributed by atoms with Crippen LogP contribution >= 0.6 is 0 Å². The summed E-state index contributed by atoms with van der Waals surface area (Å²) in [4.78, 5) is 7.21. The molecule has 3 heterocycles. The molecule has 4 aromatic rings. The zero-order chi connectivity index (χ0) is 22.2. The van der Waals surface area contributed by atoms with Gasteiger partial charge in [0.25, 0.3) is 0 Å². The fourth-order valence-corrected chi connectivity index (χ4v) is 4.66. The van der Waals surface area contributed by atoms with Gasteiger partial charge in [0.1, 0.15) is 0 Å². The van der Waals surface area contributed by atoms with E-state index in [1.807, 2.05) is 47.4 Å². The first-order valence-electron chi connectivity index (χ1n) is 11.2. The summed E-state index contributed by atoms with van der Waals surface area (Å²) in [7, 11) is 0. The van der Waals surface area contributed by atoms with Crippen LogP contribution in [0.4, 0.5) is 5.69 Å². The average Bonchev–Trinajstić information content (AvgIpc) is 3.23. The Bertz CT molecular complexity index is 1220. The number of hydrogen-bond donors (Lipinski definition) is 2. The molecule has 33 heavy (non-hydrogen) atoms. The molecule has 0 saturated carbocycles. The van der Waals surface area contributed by atoms with Crippen molar-refractivity contribution in [2.45, 2.75) is 46.4 Å². The van der Waals surface area contributed by atoms with E-state index in [9.17, 15) is 5.11 Å². The van der Waals surface area contributed by atoms with E-state index < -0.39 is 6.10 Å². The molecule has 172 valence electrons. The van der Waals surface area contributed by atoms with E-state index >= 15 is 0 Å². The van der Waals surface area contributed by atoms with Crippen LogP contribution < -0.4 is 10.2 Å². The van der Waals surface area contributed by atoms with E-state index in [-0.39, 0.29) is 7.43 Å². The summed E-state index contributed by atoms with van der Waals surface area (Å²) in [5.74, 6) is 0. The molecule has 3 atom stereocenters. The van der Waals surface area contributed by atoms with E-state index in [1.54, 1.807) is 6.92 Å². The molecule has 0 bridgehead atoms. The second-order valence-electron chi connectivity index (χ2n) is 8.78. The molecule has 2 aromatic heterocycles. The maximum absolute atomic E-state index is 9.91. The Morgan fingerprint density at radius 1 is 0.970 bits per heavy atom. The Morgan fingerprint density at radius 2 is 1.70 bits per heavy atom. The van der Waals surface area contributed by atoms with Gasteiger partial charge in [-0.1, -0.05) is 37.8 Å². The number of aliphatic hydroxyl groups excluding tert-OH is 1. The molecule has 0 spiro atoms. The lowest BCUT2D eigenvalue weighted by atomic mass is 10.0. The van der Waals surface area contributed by atoms with E-state index in [4.69, 9.17) is 4.98 Å². The molecule has 2 N–H and O–H groups in total. The summed E-state index contributed by atoms with van der Waals surface area (Å²) >= 11 is 0. The second kappa shape index (κ2) is 9.33. The minimum Gasteiger partial charge on any atom is -0.389 e. The summed E-state index contributed by atoms with van der Waals surface area (Å²) in [5.41, 5.74) is 7.04. The number of piperazine rings is 1. The van der Waals surface area contributed by atoms with E-state index in [2.05, 4.69) is 53.4 Å². The lowest BCUT2D eigenvalue weighted by Gasteiger charge is -2.41. The summed E-state index contributed by atoms with van der Waals surface area (Å²) < 4.78 is 1.83. The van der Waals surface area contributed by atoms with Crippen LogP contribution in [0.25, 0.3) is 27.9 Å². The SMILES string of the molecule is C.CC(O)c1cccc(-c2cnn3cc(-c4ccc(N5C(C)CNCC5C)cc4)cnc23)c1. The number of fused-ring (bicyclic) bond motifs is 1. The van der Waals surface area contributed by atoms with Gasteiger partial charge in [0.15, 0.2) is 5.65 Å². The van der Waals surface area contributed by atoms with Gasteiger partial charge in [0.2, 0.25) is 0 Å². The van der Waals surface area contributed by atoms with E-state index in [1.165, 1.54) is 5.69 Å². The number of nitrogens with zero attached hydrogens (tertiary/aromatic N) is 4. The number of anilines is 1. The first-order valence-corrected chi connectivity index (χ1v) is 11.2. The molecule has 0 radical (unpaired) electrons. The largest absolute Gasteiger partial charge is 0.389 e. The van der Waals surface area contributed by atoms with Crippen LogP contribution in [-0.4, -0.2) is 44.9 Å². The van der Waals surface area contributed by atoms with E-state index in [0.29, 0.717) is 12.1 Å². The Morgan fingerprint density at radius 3 is 2.39 bits per heavy atom. The van der Waals surface area contributed by atoms with E-state index in [0.717, 1.165) is 46.6 Å². The quantitative estimate of drug-likeness (QED) is 0.468. The van der Waals surface area contributed by atoms with Crippen molar-refractivity contribution < 1.29 is 5.11 Å². The number of aromatic nitrogens is 3. The van der Waals surface area contributed by atoms with Crippen LogP contribution in [0.1, 0.15) is 39.9 Å². The molecule has 5 rings (SSSR count). The van der Waals surface area contributed by atoms with Gasteiger partial charge in [-0.25, -0.2) is 9.50 Å². The lowest BCUT2D eigenvalue weighted by molar-refractivity contribution is 0.199. The first kappa shape index (κ1) is 23.0. The number of benzene rings is 2. The number of aliphatic hydroxyl groups is 1. The third kappa shape index (κ3) is 4.36. The predicted molar refractivity (Wildman–Crippen MR) is 135 cm³/mol. The van der Waals surface area contributed by atoms with Crippen LogP contribution in [0, 0.1) is 0 Å². The molecule has 1 aliphatic heterocycles. The highest BCUT2D eigenvalue weighted by molar-refractivity contribution is 5.78. The van der Waals surface area contributed by atoms with Gasteiger partial charge in [-0.3, -0.25) is 0 Å². The molecule has 6 heteroatoms. The molecule has 1 saturated heterocycles. The Hall–Kier alpha value is -3.22. The van der Waals surface area contributed by atoms with Gasteiger partial charge in [-0.15, -0.1) is 0 Å². The smallest absolute Gasteiger partial charge is 0.162 e. The molecule has 2 aromatic carbocycles.